The van der Waals surface area contributed by atoms with Gasteiger partial charge in [0.05, 0.1) is 17.6 Å². The van der Waals surface area contributed by atoms with Crippen LogP contribution >= 0.6 is 0 Å². The fraction of sp³-hybridized carbons (Fsp3) is 0.412. The summed E-state index contributed by atoms with van der Waals surface area (Å²) in [6, 6.07) is 19.6. The number of carbonyl (C=O) groups is 1. The van der Waals surface area contributed by atoms with Crippen molar-refractivity contribution in [3.63, 3.8) is 0 Å². The van der Waals surface area contributed by atoms with E-state index in [1.54, 1.807) is 0 Å². The maximum atomic E-state index is 11.0. The van der Waals surface area contributed by atoms with Crippen molar-refractivity contribution in [1.82, 2.24) is 14.9 Å². The van der Waals surface area contributed by atoms with E-state index in [2.05, 4.69) is 104 Å². The number of anilines is 1. The van der Waals surface area contributed by atoms with Gasteiger partial charge in [-0.3, -0.25) is 4.79 Å². The van der Waals surface area contributed by atoms with E-state index in [0.717, 1.165) is 71.0 Å². The van der Waals surface area contributed by atoms with Gasteiger partial charge in [0, 0.05) is 43.9 Å². The topological polar surface area (TPSA) is 81.7 Å². The van der Waals surface area contributed by atoms with E-state index < -0.39 is 5.97 Å². The molecule has 216 valence electrons. The normalized spacial score (nSPS) is 14.4. The number of hydrogen-bond donors (Lipinski definition) is 2. The number of nitrogens with zero attached hydrogens (tertiary/aromatic N) is 3. The number of nitrogens with one attached hydrogen (secondary N) is 1. The molecular formula is C34H42N4O3. The molecule has 0 aliphatic carbocycles. The lowest BCUT2D eigenvalue weighted by molar-refractivity contribution is -0.137. The number of imidazole rings is 1. The van der Waals surface area contributed by atoms with E-state index in [0.29, 0.717) is 13.0 Å². The molecule has 0 spiro atoms. The summed E-state index contributed by atoms with van der Waals surface area (Å²) >= 11 is 0. The van der Waals surface area contributed by atoms with Crippen LogP contribution in [0.5, 0.6) is 5.75 Å². The molecule has 0 atom stereocenters. The highest BCUT2D eigenvalue weighted by molar-refractivity contribution is 5.85. The van der Waals surface area contributed by atoms with E-state index >= 15 is 0 Å². The van der Waals surface area contributed by atoms with Gasteiger partial charge < -0.3 is 24.6 Å². The minimum atomic E-state index is -0.798. The van der Waals surface area contributed by atoms with Crippen LogP contribution in [0.3, 0.4) is 0 Å². The monoisotopic (exact) mass is 554 g/mol. The van der Waals surface area contributed by atoms with Crippen molar-refractivity contribution in [2.75, 3.05) is 44.7 Å². The molecule has 1 saturated heterocycles. The maximum absolute atomic E-state index is 11.0. The van der Waals surface area contributed by atoms with Gasteiger partial charge in [0.1, 0.15) is 11.6 Å². The van der Waals surface area contributed by atoms with Crippen LogP contribution in [0.4, 0.5) is 5.69 Å². The number of aromatic nitrogens is 2. The molecule has 5 rings (SSSR count). The highest BCUT2D eigenvalue weighted by atomic mass is 16.5. The zero-order chi connectivity index (χ0) is 29.1. The molecule has 41 heavy (non-hydrogen) atoms. The van der Waals surface area contributed by atoms with Gasteiger partial charge in [-0.25, -0.2) is 4.98 Å². The Morgan fingerprint density at radius 1 is 0.902 bits per heavy atom. The Labute approximate surface area is 243 Å². The number of ether oxygens (including phenoxy) is 1. The minimum absolute atomic E-state index is 0.105. The Morgan fingerprint density at radius 2 is 1.54 bits per heavy atom. The second-order valence-corrected chi connectivity index (χ2v) is 11.8. The molecule has 3 aromatic carbocycles. The number of aliphatic carboxylic acids is 1. The van der Waals surface area contributed by atoms with Crippen LogP contribution < -0.4 is 9.64 Å². The molecule has 4 aromatic rings. The molecule has 0 unspecified atom stereocenters. The molecule has 0 radical (unpaired) electrons. The number of likely N-dealkylation sites (N-methyl/N-ethyl adjacent to an activating group) is 1. The van der Waals surface area contributed by atoms with Crippen molar-refractivity contribution in [2.24, 2.45) is 0 Å². The van der Waals surface area contributed by atoms with Crippen molar-refractivity contribution in [3.05, 3.63) is 65.7 Å². The molecule has 0 saturated carbocycles. The first kappa shape index (κ1) is 28.7. The van der Waals surface area contributed by atoms with Crippen LogP contribution in [0, 0.1) is 0 Å². The summed E-state index contributed by atoms with van der Waals surface area (Å²) in [4.78, 5) is 24.3. The van der Waals surface area contributed by atoms with Crippen LogP contribution in [0.2, 0.25) is 0 Å². The van der Waals surface area contributed by atoms with Gasteiger partial charge in [-0.15, -0.1) is 0 Å². The van der Waals surface area contributed by atoms with Crippen LogP contribution in [-0.2, 0) is 4.79 Å². The van der Waals surface area contributed by atoms with Crippen molar-refractivity contribution < 1.29 is 14.6 Å². The van der Waals surface area contributed by atoms with Crippen LogP contribution in [-0.4, -0.2) is 65.8 Å². The SMILES string of the molecule is CC(C)c1cc(-c2nc3ccc(-c4ccc(N5CCN(C)CC5)cc4)cc3[nH]2)cc(C(C)C)c1OCCCC(=O)O. The average molecular weight is 555 g/mol. The summed E-state index contributed by atoms with van der Waals surface area (Å²) in [6.07, 6.45) is 0.587. The predicted molar refractivity (Wildman–Crippen MR) is 167 cm³/mol. The molecule has 7 heteroatoms. The third kappa shape index (κ3) is 6.57. The van der Waals surface area contributed by atoms with Crippen molar-refractivity contribution in [3.8, 4) is 28.3 Å². The van der Waals surface area contributed by atoms with E-state index in [4.69, 9.17) is 14.8 Å². The highest BCUT2D eigenvalue weighted by Crippen LogP contribution is 2.39. The molecule has 1 aliphatic rings. The standard InChI is InChI=1S/C34H42N4O3/c1-22(2)28-19-26(20-29(23(3)4)33(28)41-18-6-7-32(39)40)34-35-30-13-10-25(21-31(30)36-34)24-8-11-27(12-9-24)38-16-14-37(5)15-17-38/h8-13,19-23H,6-7,14-18H2,1-5H3,(H,35,36)(H,39,40). The van der Waals surface area contributed by atoms with Gasteiger partial charge in [0.2, 0.25) is 0 Å². The van der Waals surface area contributed by atoms with E-state index in [-0.39, 0.29) is 18.3 Å². The number of rotatable bonds is 10. The van der Waals surface area contributed by atoms with Crippen LogP contribution in [0.25, 0.3) is 33.5 Å². The fourth-order valence-electron chi connectivity index (χ4n) is 5.49. The lowest BCUT2D eigenvalue weighted by atomic mass is 9.91. The lowest BCUT2D eigenvalue weighted by Gasteiger charge is -2.34. The van der Waals surface area contributed by atoms with Gasteiger partial charge in [-0.2, -0.15) is 0 Å². The first-order valence-electron chi connectivity index (χ1n) is 14.8. The Morgan fingerprint density at radius 3 is 2.15 bits per heavy atom. The molecule has 1 fully saturated rings. The third-order valence-corrected chi connectivity index (χ3v) is 8.00. The lowest BCUT2D eigenvalue weighted by Crippen LogP contribution is -2.44. The summed E-state index contributed by atoms with van der Waals surface area (Å²) in [7, 11) is 2.18. The van der Waals surface area contributed by atoms with Crippen molar-refractivity contribution >= 4 is 22.7 Å². The fourth-order valence-corrected chi connectivity index (χ4v) is 5.49. The Bertz CT molecular complexity index is 1470. The number of carboxylic acid groups (broad SMARTS) is 1. The van der Waals surface area contributed by atoms with E-state index in [1.807, 2.05) is 0 Å². The quantitative estimate of drug-likeness (QED) is 0.203. The summed E-state index contributed by atoms with van der Waals surface area (Å²) in [5.41, 5.74) is 8.83. The summed E-state index contributed by atoms with van der Waals surface area (Å²) < 4.78 is 6.21. The van der Waals surface area contributed by atoms with E-state index in [9.17, 15) is 4.79 Å². The van der Waals surface area contributed by atoms with Crippen molar-refractivity contribution in [2.45, 2.75) is 52.4 Å². The third-order valence-electron chi connectivity index (χ3n) is 8.00. The molecule has 7 nitrogen and oxygen atoms in total. The molecule has 2 N–H and O–H groups in total. The van der Waals surface area contributed by atoms with Gasteiger partial charge in [-0.05, 0) is 84.0 Å². The van der Waals surface area contributed by atoms with Gasteiger partial charge in [-0.1, -0.05) is 45.9 Å². The van der Waals surface area contributed by atoms with Crippen molar-refractivity contribution in [1.29, 1.82) is 0 Å². The zero-order valence-corrected chi connectivity index (χ0v) is 24.9. The first-order chi connectivity index (χ1) is 19.7. The molecule has 1 aliphatic heterocycles. The summed E-state index contributed by atoms with van der Waals surface area (Å²) in [5.74, 6) is 1.40. The number of carboxylic acids is 1. The number of hydrogen-bond acceptors (Lipinski definition) is 5. The second kappa shape index (κ2) is 12.4. The highest BCUT2D eigenvalue weighted by Gasteiger charge is 2.20. The minimum Gasteiger partial charge on any atom is -0.493 e. The molecular weight excluding hydrogens is 512 g/mol. The number of piperazine rings is 1. The van der Waals surface area contributed by atoms with Crippen LogP contribution in [0.15, 0.2) is 54.6 Å². The number of H-pyrrole nitrogens is 1. The maximum Gasteiger partial charge on any atom is 0.303 e. The number of benzene rings is 3. The van der Waals surface area contributed by atoms with E-state index in [1.165, 1.54) is 11.3 Å². The zero-order valence-electron chi connectivity index (χ0n) is 24.9. The Kier molecular flexibility index (Phi) is 8.64. The van der Waals surface area contributed by atoms with Gasteiger partial charge in [0.15, 0.2) is 0 Å². The molecule has 0 amide bonds. The number of fused-ring (bicyclic) bond motifs is 1. The van der Waals surface area contributed by atoms with Gasteiger partial charge in [0.25, 0.3) is 0 Å². The molecule has 2 heterocycles. The second-order valence-electron chi connectivity index (χ2n) is 11.8. The number of aromatic amines is 1. The Balaban J connectivity index is 1.42. The smallest absolute Gasteiger partial charge is 0.303 e. The summed E-state index contributed by atoms with van der Waals surface area (Å²) in [5, 5.41) is 9.00. The first-order valence-corrected chi connectivity index (χ1v) is 14.8. The molecule has 0 bridgehead atoms. The largest absolute Gasteiger partial charge is 0.493 e. The Hall–Kier alpha value is -3.84. The summed E-state index contributed by atoms with van der Waals surface area (Å²) in [6.45, 7) is 13.3. The van der Waals surface area contributed by atoms with Gasteiger partial charge >= 0.3 is 5.97 Å². The average Bonchev–Trinajstić information content (AvgIpc) is 3.39. The molecule has 1 aromatic heterocycles. The van der Waals surface area contributed by atoms with Crippen LogP contribution in [0.1, 0.15) is 63.5 Å². The predicted octanol–water partition coefficient (Wildman–Crippen LogP) is 7.14.